The summed E-state index contributed by atoms with van der Waals surface area (Å²) in [7, 11) is 0. The van der Waals surface area contributed by atoms with E-state index in [1.165, 1.54) is 6.92 Å². The van der Waals surface area contributed by atoms with Crippen LogP contribution in [0.4, 0.5) is 10.5 Å². The molecule has 0 saturated carbocycles. The number of amides is 4. The molecule has 114 valence electrons. The molecule has 5 N–H and O–H groups in total. The number of carbonyl (C=O) groups excluding carboxylic acids is 3. The van der Waals surface area contributed by atoms with Crippen molar-refractivity contribution >= 4 is 39.5 Å². The van der Waals surface area contributed by atoms with Crippen molar-refractivity contribution in [3.63, 3.8) is 0 Å². The van der Waals surface area contributed by atoms with Gasteiger partial charge in [0.15, 0.2) is 0 Å². The number of halogens is 1. The van der Waals surface area contributed by atoms with Crippen molar-refractivity contribution < 1.29 is 14.4 Å². The van der Waals surface area contributed by atoms with Crippen LogP contribution >= 0.6 is 15.9 Å². The van der Waals surface area contributed by atoms with Gasteiger partial charge in [0.05, 0.1) is 6.54 Å². The Morgan fingerprint density at radius 3 is 2.57 bits per heavy atom. The quantitative estimate of drug-likeness (QED) is 0.627. The number of aryl methyl sites for hydroxylation is 1. The van der Waals surface area contributed by atoms with Gasteiger partial charge in [-0.3, -0.25) is 9.59 Å². The van der Waals surface area contributed by atoms with Crippen LogP contribution in [0.1, 0.15) is 12.5 Å². The van der Waals surface area contributed by atoms with E-state index >= 15 is 0 Å². The molecule has 0 bridgehead atoms. The highest BCUT2D eigenvalue weighted by Gasteiger charge is 2.15. The van der Waals surface area contributed by atoms with Crippen molar-refractivity contribution in [1.82, 2.24) is 10.6 Å². The second-order valence-corrected chi connectivity index (χ2v) is 5.37. The Morgan fingerprint density at radius 1 is 1.33 bits per heavy atom. The summed E-state index contributed by atoms with van der Waals surface area (Å²) in [5.41, 5.74) is 6.47. The predicted octanol–water partition coefficient (Wildman–Crippen LogP) is 0.869. The number of nitrogens with one attached hydrogen (secondary N) is 3. The molecule has 8 heteroatoms. The maximum absolute atomic E-state index is 11.7. The average molecular weight is 357 g/mol. The van der Waals surface area contributed by atoms with E-state index in [-0.39, 0.29) is 12.5 Å². The third kappa shape index (κ3) is 5.82. The molecule has 1 rings (SSSR count). The summed E-state index contributed by atoms with van der Waals surface area (Å²) >= 11 is 3.33. The molecule has 1 atom stereocenters. The van der Waals surface area contributed by atoms with E-state index in [9.17, 15) is 14.4 Å². The van der Waals surface area contributed by atoms with E-state index in [4.69, 9.17) is 5.73 Å². The number of primary amides is 1. The minimum Gasteiger partial charge on any atom is -0.352 e. The van der Waals surface area contributed by atoms with Gasteiger partial charge in [-0.25, -0.2) is 4.79 Å². The summed E-state index contributed by atoms with van der Waals surface area (Å²) in [4.78, 5) is 33.9. The molecule has 0 aliphatic heterocycles. The van der Waals surface area contributed by atoms with Gasteiger partial charge in [0.2, 0.25) is 11.8 Å². The minimum absolute atomic E-state index is 0.195. The summed E-state index contributed by atoms with van der Waals surface area (Å²) in [5.74, 6) is -0.850. The summed E-state index contributed by atoms with van der Waals surface area (Å²) in [6.07, 6.45) is 0. The molecule has 0 aromatic heterocycles. The van der Waals surface area contributed by atoms with E-state index in [0.29, 0.717) is 5.69 Å². The van der Waals surface area contributed by atoms with Crippen molar-refractivity contribution in [3.8, 4) is 0 Å². The van der Waals surface area contributed by atoms with Gasteiger partial charge in [-0.2, -0.15) is 0 Å². The van der Waals surface area contributed by atoms with Crippen molar-refractivity contribution in [2.75, 3.05) is 11.9 Å². The summed E-state index contributed by atoms with van der Waals surface area (Å²) in [6.45, 7) is 3.13. The lowest BCUT2D eigenvalue weighted by molar-refractivity contribution is -0.125. The van der Waals surface area contributed by atoms with Crippen LogP contribution in [-0.4, -0.2) is 30.4 Å². The smallest absolute Gasteiger partial charge is 0.312 e. The first-order chi connectivity index (χ1) is 9.79. The molecule has 1 aromatic rings. The van der Waals surface area contributed by atoms with E-state index in [2.05, 4.69) is 31.9 Å². The Kier molecular flexibility index (Phi) is 6.16. The molecule has 1 unspecified atom stereocenters. The number of rotatable bonds is 5. The summed E-state index contributed by atoms with van der Waals surface area (Å²) < 4.78 is 0.914. The number of anilines is 1. The Labute approximate surface area is 130 Å². The van der Waals surface area contributed by atoms with E-state index in [1.54, 1.807) is 12.1 Å². The molecule has 1 aromatic carbocycles. The predicted molar refractivity (Wildman–Crippen MR) is 82.7 cm³/mol. The molecule has 0 heterocycles. The van der Waals surface area contributed by atoms with Crippen LogP contribution in [0.2, 0.25) is 0 Å². The third-order valence-corrected chi connectivity index (χ3v) is 3.13. The lowest BCUT2D eigenvalue weighted by Crippen LogP contribution is -2.48. The molecule has 4 amide bonds. The van der Waals surface area contributed by atoms with Crippen LogP contribution in [0.15, 0.2) is 22.7 Å². The topological polar surface area (TPSA) is 113 Å². The maximum Gasteiger partial charge on any atom is 0.312 e. The fraction of sp³-hybridized carbons (Fsp3) is 0.308. The summed E-state index contributed by atoms with van der Waals surface area (Å²) in [5, 5.41) is 7.32. The van der Waals surface area contributed by atoms with Gasteiger partial charge in [-0.15, -0.1) is 0 Å². The lowest BCUT2D eigenvalue weighted by atomic mass is 10.2. The highest BCUT2D eigenvalue weighted by atomic mass is 79.9. The van der Waals surface area contributed by atoms with E-state index in [1.807, 2.05) is 13.0 Å². The van der Waals surface area contributed by atoms with Gasteiger partial charge in [0, 0.05) is 10.2 Å². The van der Waals surface area contributed by atoms with E-state index < -0.39 is 18.0 Å². The number of urea groups is 1. The first-order valence-electron chi connectivity index (χ1n) is 6.19. The molecule has 0 saturated heterocycles. The number of hydrogen-bond acceptors (Lipinski definition) is 3. The lowest BCUT2D eigenvalue weighted by Gasteiger charge is -2.13. The first kappa shape index (κ1) is 17.0. The number of carbonyl (C=O) groups is 3. The van der Waals surface area contributed by atoms with Crippen molar-refractivity contribution in [3.05, 3.63) is 28.2 Å². The van der Waals surface area contributed by atoms with Gasteiger partial charge >= 0.3 is 6.03 Å². The number of nitrogens with two attached hydrogens (primary N) is 1. The molecule has 0 fully saturated rings. The van der Waals surface area contributed by atoms with Crippen LogP contribution < -0.4 is 21.7 Å². The molecule has 0 radical (unpaired) electrons. The second kappa shape index (κ2) is 7.63. The van der Waals surface area contributed by atoms with Gasteiger partial charge in [-0.05, 0) is 37.6 Å². The SMILES string of the molecule is Cc1cc(Br)ccc1NC(=O)CNC(=O)C(C)NC(N)=O. The highest BCUT2D eigenvalue weighted by molar-refractivity contribution is 9.10. The zero-order chi connectivity index (χ0) is 16.0. The summed E-state index contributed by atoms with van der Waals surface area (Å²) in [6, 6.07) is 3.83. The van der Waals surface area contributed by atoms with Crippen molar-refractivity contribution in [2.45, 2.75) is 19.9 Å². The first-order valence-corrected chi connectivity index (χ1v) is 6.98. The fourth-order valence-corrected chi connectivity index (χ4v) is 2.04. The Hall–Kier alpha value is -2.09. The second-order valence-electron chi connectivity index (χ2n) is 4.46. The zero-order valence-electron chi connectivity index (χ0n) is 11.7. The molecule has 21 heavy (non-hydrogen) atoms. The molecular weight excluding hydrogens is 340 g/mol. The number of hydrogen-bond donors (Lipinski definition) is 4. The fourth-order valence-electron chi connectivity index (χ4n) is 1.56. The molecule has 0 aliphatic carbocycles. The van der Waals surface area contributed by atoms with Crippen LogP contribution in [0, 0.1) is 6.92 Å². The zero-order valence-corrected chi connectivity index (χ0v) is 13.3. The van der Waals surface area contributed by atoms with Gasteiger partial charge < -0.3 is 21.7 Å². The largest absolute Gasteiger partial charge is 0.352 e. The standard InChI is InChI=1S/C13H17BrN4O3/c1-7-5-9(14)3-4-10(7)18-11(19)6-16-12(20)8(2)17-13(15)21/h3-5,8H,6H2,1-2H3,(H,16,20)(H,18,19)(H3,15,17,21). The van der Waals surface area contributed by atoms with Crippen LogP contribution in [0.25, 0.3) is 0 Å². The van der Waals surface area contributed by atoms with Crippen LogP contribution in [0.3, 0.4) is 0 Å². The van der Waals surface area contributed by atoms with Crippen LogP contribution in [-0.2, 0) is 9.59 Å². The maximum atomic E-state index is 11.7. The normalized spacial score (nSPS) is 11.4. The highest BCUT2D eigenvalue weighted by Crippen LogP contribution is 2.19. The Bertz CT molecular complexity index is 562. The molecule has 0 aliphatic rings. The number of benzene rings is 1. The molecular formula is C13H17BrN4O3. The molecule has 7 nitrogen and oxygen atoms in total. The monoisotopic (exact) mass is 356 g/mol. The molecule has 0 spiro atoms. The Morgan fingerprint density at radius 2 is 2.00 bits per heavy atom. The third-order valence-electron chi connectivity index (χ3n) is 2.64. The van der Waals surface area contributed by atoms with Crippen molar-refractivity contribution in [1.29, 1.82) is 0 Å². The van der Waals surface area contributed by atoms with Crippen LogP contribution in [0.5, 0.6) is 0 Å². The Balaban J connectivity index is 2.47. The van der Waals surface area contributed by atoms with Crippen molar-refractivity contribution in [2.24, 2.45) is 5.73 Å². The van der Waals surface area contributed by atoms with Gasteiger partial charge in [-0.1, -0.05) is 15.9 Å². The van der Waals surface area contributed by atoms with Gasteiger partial charge in [0.1, 0.15) is 6.04 Å². The minimum atomic E-state index is -0.801. The van der Waals surface area contributed by atoms with E-state index in [0.717, 1.165) is 10.0 Å². The van der Waals surface area contributed by atoms with Gasteiger partial charge in [0.25, 0.3) is 0 Å². The average Bonchev–Trinajstić information content (AvgIpc) is 2.38.